The van der Waals surface area contributed by atoms with Crippen LogP contribution in [0, 0.1) is 0 Å². The Morgan fingerprint density at radius 1 is 1.05 bits per heavy atom. The lowest BCUT2D eigenvalue weighted by Gasteiger charge is -2.23. The monoisotopic (exact) mass is 512 g/mol. The van der Waals surface area contributed by atoms with Crippen LogP contribution in [0.5, 0.6) is 5.75 Å². The van der Waals surface area contributed by atoms with Crippen LogP contribution in [-0.2, 0) is 16.0 Å². The molecule has 37 heavy (non-hydrogen) atoms. The van der Waals surface area contributed by atoms with Gasteiger partial charge in [0.25, 0.3) is 5.91 Å². The van der Waals surface area contributed by atoms with Crippen molar-refractivity contribution in [2.24, 2.45) is 10.1 Å². The van der Waals surface area contributed by atoms with Crippen LogP contribution >= 0.6 is 11.8 Å². The molecule has 2 aliphatic rings. The Morgan fingerprint density at radius 2 is 1.78 bits per heavy atom. The number of benzene rings is 3. The van der Waals surface area contributed by atoms with E-state index >= 15 is 0 Å². The molecule has 3 aromatic carbocycles. The molecule has 5 rings (SSSR count). The topological polar surface area (TPSA) is 83.4 Å². The third-order valence-electron chi connectivity index (χ3n) is 6.46. The summed E-state index contributed by atoms with van der Waals surface area (Å²) in [7, 11) is 1.59. The maximum atomic E-state index is 12.8. The number of hydrogen-bond donors (Lipinski definition) is 1. The first kappa shape index (κ1) is 24.8. The fraction of sp³-hybridized carbons (Fsp3) is 0.241. The van der Waals surface area contributed by atoms with Gasteiger partial charge in [0.05, 0.1) is 18.9 Å². The van der Waals surface area contributed by atoms with Gasteiger partial charge in [-0.2, -0.15) is 10.1 Å². The van der Waals surface area contributed by atoms with Crippen LogP contribution in [0.15, 0.2) is 89.0 Å². The molecule has 2 atom stereocenters. The molecule has 2 aliphatic heterocycles. The summed E-state index contributed by atoms with van der Waals surface area (Å²) in [4.78, 5) is 29.8. The molecule has 0 spiro atoms. The molecule has 1 N–H and O–H groups in total. The highest BCUT2D eigenvalue weighted by Crippen LogP contribution is 2.38. The highest BCUT2D eigenvalue weighted by molar-refractivity contribution is 8.15. The third-order valence-corrected chi connectivity index (χ3v) is 7.60. The maximum Gasteiger partial charge on any atom is 0.262 e. The molecule has 7 nitrogen and oxygen atoms in total. The van der Waals surface area contributed by atoms with Crippen LogP contribution in [0.3, 0.4) is 0 Å². The van der Waals surface area contributed by atoms with Gasteiger partial charge in [-0.05, 0) is 47.4 Å². The molecular weight excluding hydrogens is 484 g/mol. The number of hydrazone groups is 1. The molecule has 0 saturated carbocycles. The highest BCUT2D eigenvalue weighted by atomic mass is 32.2. The summed E-state index contributed by atoms with van der Waals surface area (Å²) in [5.74, 6) is 0.153. The van der Waals surface area contributed by atoms with Crippen molar-refractivity contribution in [2.45, 2.75) is 37.5 Å². The largest absolute Gasteiger partial charge is 0.497 e. The quantitative estimate of drug-likeness (QED) is 0.456. The number of aryl methyl sites for hydroxylation is 1. The number of rotatable bonds is 7. The van der Waals surface area contributed by atoms with Gasteiger partial charge in [-0.3, -0.25) is 9.59 Å². The van der Waals surface area contributed by atoms with Gasteiger partial charge in [0, 0.05) is 18.5 Å². The Hall–Kier alpha value is -3.91. The average Bonchev–Trinajstić information content (AvgIpc) is 3.53. The van der Waals surface area contributed by atoms with E-state index in [1.165, 1.54) is 17.3 Å². The van der Waals surface area contributed by atoms with Crippen LogP contribution in [0.4, 0.5) is 5.69 Å². The number of hydrogen-bond acceptors (Lipinski definition) is 6. The van der Waals surface area contributed by atoms with Gasteiger partial charge in [0.15, 0.2) is 5.17 Å². The highest BCUT2D eigenvalue weighted by Gasteiger charge is 2.39. The SMILES string of the molecule is CCc1ccc([C@@H]2CC(c3ccccc3)=NN2C2=NC(=O)[C@@H](CC(=O)Nc3ccc(OC)cc3)S2)cc1. The zero-order chi connectivity index (χ0) is 25.8. The second-order valence-electron chi connectivity index (χ2n) is 8.89. The fourth-order valence-corrected chi connectivity index (χ4v) is 5.45. The Balaban J connectivity index is 1.32. The smallest absolute Gasteiger partial charge is 0.262 e. The summed E-state index contributed by atoms with van der Waals surface area (Å²) >= 11 is 1.30. The van der Waals surface area contributed by atoms with Crippen molar-refractivity contribution < 1.29 is 14.3 Å². The number of thioether (sulfide) groups is 1. The molecular formula is C29H28N4O3S. The number of methoxy groups -OCH3 is 1. The van der Waals surface area contributed by atoms with E-state index in [1.54, 1.807) is 31.4 Å². The number of amides is 2. The minimum Gasteiger partial charge on any atom is -0.497 e. The Labute approximate surface area is 220 Å². The van der Waals surface area contributed by atoms with E-state index in [4.69, 9.17) is 9.84 Å². The summed E-state index contributed by atoms with van der Waals surface area (Å²) in [6.07, 6.45) is 1.70. The molecule has 0 unspecified atom stereocenters. The lowest BCUT2D eigenvalue weighted by molar-refractivity contribution is -0.121. The first-order valence-electron chi connectivity index (χ1n) is 12.3. The molecule has 2 heterocycles. The van der Waals surface area contributed by atoms with Gasteiger partial charge in [-0.15, -0.1) is 0 Å². The molecule has 8 heteroatoms. The minimum absolute atomic E-state index is 0.0293. The lowest BCUT2D eigenvalue weighted by atomic mass is 9.97. The Morgan fingerprint density at radius 3 is 2.46 bits per heavy atom. The molecule has 0 radical (unpaired) electrons. The van der Waals surface area contributed by atoms with E-state index in [2.05, 4.69) is 41.5 Å². The van der Waals surface area contributed by atoms with Crippen LogP contribution in [-0.4, -0.2) is 40.1 Å². The van der Waals surface area contributed by atoms with Gasteiger partial charge >= 0.3 is 0 Å². The van der Waals surface area contributed by atoms with E-state index in [1.807, 2.05) is 35.3 Å². The van der Waals surface area contributed by atoms with Crippen molar-refractivity contribution in [1.82, 2.24) is 5.01 Å². The van der Waals surface area contributed by atoms with Crippen LogP contribution in [0.1, 0.15) is 42.5 Å². The maximum absolute atomic E-state index is 12.8. The molecule has 0 saturated heterocycles. The van der Waals surface area contributed by atoms with E-state index in [0.29, 0.717) is 23.0 Å². The molecule has 0 aromatic heterocycles. The standard InChI is InChI=1S/C29H28N4O3S/c1-3-19-9-11-21(12-10-19)25-17-24(20-7-5-4-6-8-20)32-33(25)29-31-28(35)26(37-29)18-27(34)30-22-13-15-23(36-2)16-14-22/h4-16,25-26H,3,17-18H2,1-2H3,(H,30,34)/t25-,26+/m0/s1. The first-order valence-corrected chi connectivity index (χ1v) is 13.2. The number of nitrogens with one attached hydrogen (secondary N) is 1. The predicted octanol–water partition coefficient (Wildman–Crippen LogP) is 5.44. The number of ether oxygens (including phenoxy) is 1. The van der Waals surface area contributed by atoms with Crippen LogP contribution in [0.2, 0.25) is 0 Å². The van der Waals surface area contributed by atoms with Crippen molar-refractivity contribution in [3.63, 3.8) is 0 Å². The molecule has 0 fully saturated rings. The average molecular weight is 513 g/mol. The van der Waals surface area contributed by atoms with Crippen molar-refractivity contribution in [1.29, 1.82) is 0 Å². The molecule has 0 aliphatic carbocycles. The Kier molecular flexibility index (Phi) is 7.37. The van der Waals surface area contributed by atoms with Crippen molar-refractivity contribution in [2.75, 3.05) is 12.4 Å². The number of aliphatic imine (C=N–C) groups is 1. The second kappa shape index (κ2) is 11.0. The van der Waals surface area contributed by atoms with E-state index in [9.17, 15) is 9.59 Å². The Bertz CT molecular complexity index is 1340. The summed E-state index contributed by atoms with van der Waals surface area (Å²) in [5, 5.41) is 9.55. The zero-order valence-corrected chi connectivity index (χ0v) is 21.6. The van der Waals surface area contributed by atoms with E-state index < -0.39 is 5.25 Å². The number of nitrogens with zero attached hydrogens (tertiary/aromatic N) is 3. The number of amidine groups is 1. The summed E-state index contributed by atoms with van der Waals surface area (Å²) in [6.45, 7) is 2.13. The summed E-state index contributed by atoms with van der Waals surface area (Å²) < 4.78 is 5.15. The van der Waals surface area contributed by atoms with Crippen LogP contribution < -0.4 is 10.1 Å². The van der Waals surface area contributed by atoms with E-state index in [-0.39, 0.29) is 24.3 Å². The number of carbonyl (C=O) groups is 2. The van der Waals surface area contributed by atoms with Crippen molar-refractivity contribution in [3.8, 4) is 5.75 Å². The normalized spacial score (nSPS) is 19.0. The second-order valence-corrected chi connectivity index (χ2v) is 10.1. The van der Waals surface area contributed by atoms with Gasteiger partial charge in [0.1, 0.15) is 11.0 Å². The lowest BCUT2D eigenvalue weighted by Crippen LogP contribution is -2.25. The molecule has 0 bridgehead atoms. The molecule has 188 valence electrons. The minimum atomic E-state index is -0.590. The van der Waals surface area contributed by atoms with Gasteiger partial charge in [0.2, 0.25) is 5.91 Å². The van der Waals surface area contributed by atoms with Crippen molar-refractivity contribution >= 4 is 40.1 Å². The predicted molar refractivity (Wildman–Crippen MR) is 148 cm³/mol. The fourth-order valence-electron chi connectivity index (χ4n) is 4.39. The zero-order valence-electron chi connectivity index (χ0n) is 20.8. The van der Waals surface area contributed by atoms with Gasteiger partial charge in [-0.25, -0.2) is 5.01 Å². The van der Waals surface area contributed by atoms with Crippen molar-refractivity contribution in [3.05, 3.63) is 95.6 Å². The van der Waals surface area contributed by atoms with Crippen LogP contribution in [0.25, 0.3) is 0 Å². The summed E-state index contributed by atoms with van der Waals surface area (Å²) in [6, 6.07) is 25.6. The molecule has 3 aromatic rings. The van der Waals surface area contributed by atoms with Gasteiger partial charge in [-0.1, -0.05) is 73.3 Å². The third kappa shape index (κ3) is 5.59. The first-order chi connectivity index (χ1) is 18.0. The molecule has 2 amide bonds. The number of carbonyl (C=O) groups excluding carboxylic acids is 2. The number of anilines is 1. The van der Waals surface area contributed by atoms with E-state index in [0.717, 1.165) is 23.3 Å². The summed E-state index contributed by atoms with van der Waals surface area (Å²) in [5.41, 5.74) is 5.02. The van der Waals surface area contributed by atoms with Gasteiger partial charge < -0.3 is 10.1 Å².